The van der Waals surface area contributed by atoms with Crippen molar-refractivity contribution >= 4 is 49.2 Å². The number of halogens is 1. The summed E-state index contributed by atoms with van der Waals surface area (Å²) in [6.07, 6.45) is 1.73. The lowest BCUT2D eigenvalue weighted by atomic mass is 10.1. The molecule has 4 aromatic rings. The van der Waals surface area contributed by atoms with Crippen molar-refractivity contribution in [2.24, 2.45) is 0 Å². The highest BCUT2D eigenvalue weighted by Gasteiger charge is 2.16. The molecular formula is C23H20BrN3O2. The van der Waals surface area contributed by atoms with Crippen LogP contribution in [0.15, 0.2) is 76.3 Å². The number of hydrogen-bond acceptors (Lipinski definition) is 3. The van der Waals surface area contributed by atoms with Gasteiger partial charge in [0.2, 0.25) is 5.91 Å². The van der Waals surface area contributed by atoms with Gasteiger partial charge in [0.25, 0.3) is 5.56 Å². The zero-order valence-corrected chi connectivity index (χ0v) is 17.6. The first-order valence-corrected chi connectivity index (χ1v) is 10.3. The number of aryl methyl sites for hydroxylation is 1. The third kappa shape index (κ3) is 3.80. The van der Waals surface area contributed by atoms with Crippen molar-refractivity contribution < 1.29 is 4.79 Å². The summed E-state index contributed by atoms with van der Waals surface area (Å²) < 4.78 is 2.33. The summed E-state index contributed by atoms with van der Waals surface area (Å²) in [6, 6.07) is 19.4. The van der Waals surface area contributed by atoms with Gasteiger partial charge in [-0.3, -0.25) is 14.2 Å². The number of aromatic nitrogens is 2. The summed E-state index contributed by atoms with van der Waals surface area (Å²) in [7, 11) is 0. The highest BCUT2D eigenvalue weighted by Crippen LogP contribution is 2.27. The van der Waals surface area contributed by atoms with Gasteiger partial charge in [-0.15, -0.1) is 0 Å². The fourth-order valence-corrected chi connectivity index (χ4v) is 3.93. The zero-order valence-electron chi connectivity index (χ0n) is 16.0. The van der Waals surface area contributed by atoms with Gasteiger partial charge in [-0.05, 0) is 36.6 Å². The Balaban J connectivity index is 1.59. The van der Waals surface area contributed by atoms with E-state index >= 15 is 0 Å². The predicted molar refractivity (Wildman–Crippen MR) is 120 cm³/mol. The smallest absolute Gasteiger partial charge is 0.261 e. The van der Waals surface area contributed by atoms with Gasteiger partial charge >= 0.3 is 0 Å². The van der Waals surface area contributed by atoms with Crippen LogP contribution in [0, 0.1) is 0 Å². The maximum atomic E-state index is 13.0. The van der Waals surface area contributed by atoms with E-state index in [4.69, 9.17) is 0 Å². The molecule has 146 valence electrons. The van der Waals surface area contributed by atoms with E-state index in [0.717, 1.165) is 20.9 Å². The first-order chi connectivity index (χ1) is 14.1. The Hall–Kier alpha value is -2.99. The Morgan fingerprint density at radius 1 is 1.07 bits per heavy atom. The number of carbonyl (C=O) groups is 1. The lowest BCUT2D eigenvalue weighted by Crippen LogP contribution is -2.32. The summed E-state index contributed by atoms with van der Waals surface area (Å²) in [5, 5.41) is 2.67. The fourth-order valence-electron chi connectivity index (χ4n) is 3.57. The molecule has 0 radical (unpaired) electrons. The first-order valence-electron chi connectivity index (χ1n) is 9.51. The Morgan fingerprint density at radius 2 is 1.86 bits per heavy atom. The molecule has 0 spiro atoms. The molecule has 0 unspecified atom stereocenters. The molecule has 3 aromatic carbocycles. The van der Waals surface area contributed by atoms with Gasteiger partial charge in [0, 0.05) is 29.4 Å². The van der Waals surface area contributed by atoms with E-state index < -0.39 is 0 Å². The lowest BCUT2D eigenvalue weighted by Gasteiger charge is -2.23. The quantitative estimate of drug-likeness (QED) is 0.441. The Kier molecular flexibility index (Phi) is 5.45. The van der Waals surface area contributed by atoms with Gasteiger partial charge in [-0.1, -0.05) is 52.3 Å². The van der Waals surface area contributed by atoms with E-state index in [1.165, 1.54) is 10.9 Å². The number of anilines is 1. The topological polar surface area (TPSA) is 55.2 Å². The molecule has 0 atom stereocenters. The maximum absolute atomic E-state index is 13.0. The molecule has 0 saturated heterocycles. The minimum Gasteiger partial charge on any atom is -0.312 e. The molecule has 1 aromatic heterocycles. The standard InChI is InChI=1S/C23H20BrN3O2/c1-2-27(21-9-5-7-16-6-3-4-8-18(16)21)22(28)12-13-26-15-25-20-11-10-17(24)14-19(20)23(26)29/h3-11,14-15H,2,12-13H2,1H3. The third-order valence-corrected chi connectivity index (χ3v) is 5.52. The molecule has 4 rings (SSSR count). The molecular weight excluding hydrogens is 430 g/mol. The molecule has 6 heteroatoms. The molecule has 0 aliphatic carbocycles. The molecule has 29 heavy (non-hydrogen) atoms. The molecule has 0 saturated carbocycles. The fraction of sp³-hybridized carbons (Fsp3) is 0.174. The van der Waals surface area contributed by atoms with Crippen LogP contribution in [-0.4, -0.2) is 22.0 Å². The molecule has 1 amide bonds. The molecule has 1 heterocycles. The van der Waals surface area contributed by atoms with Gasteiger partial charge in [0.1, 0.15) is 0 Å². The molecule has 5 nitrogen and oxygen atoms in total. The summed E-state index contributed by atoms with van der Waals surface area (Å²) in [4.78, 5) is 31.9. The number of amides is 1. The Labute approximate surface area is 176 Å². The van der Waals surface area contributed by atoms with Crippen molar-refractivity contribution in [3.8, 4) is 0 Å². The van der Waals surface area contributed by atoms with Crippen LogP contribution in [0.5, 0.6) is 0 Å². The normalized spacial score (nSPS) is 11.1. The van der Waals surface area contributed by atoms with Crippen LogP contribution < -0.4 is 10.5 Å². The van der Waals surface area contributed by atoms with Crippen molar-refractivity contribution in [2.75, 3.05) is 11.4 Å². The Morgan fingerprint density at radius 3 is 2.69 bits per heavy atom. The predicted octanol–water partition coefficient (Wildman–Crippen LogP) is 4.76. The Bertz CT molecular complexity index is 1260. The van der Waals surface area contributed by atoms with Gasteiger partial charge < -0.3 is 4.90 Å². The number of nitrogens with zero attached hydrogens (tertiary/aromatic N) is 3. The summed E-state index contributed by atoms with van der Waals surface area (Å²) in [6.45, 7) is 2.81. The number of hydrogen-bond donors (Lipinski definition) is 0. The molecule has 0 bridgehead atoms. The largest absolute Gasteiger partial charge is 0.312 e. The van der Waals surface area contributed by atoms with Crippen molar-refractivity contribution in [3.63, 3.8) is 0 Å². The van der Waals surface area contributed by atoms with Crippen molar-refractivity contribution in [3.05, 3.63) is 81.8 Å². The monoisotopic (exact) mass is 449 g/mol. The van der Waals surface area contributed by atoms with Gasteiger partial charge in [-0.25, -0.2) is 4.98 Å². The molecule has 0 N–H and O–H groups in total. The van der Waals surface area contributed by atoms with Crippen LogP contribution in [-0.2, 0) is 11.3 Å². The van der Waals surface area contributed by atoms with Crippen molar-refractivity contribution in [1.29, 1.82) is 0 Å². The zero-order chi connectivity index (χ0) is 20.4. The van der Waals surface area contributed by atoms with E-state index in [1.807, 2.05) is 55.5 Å². The van der Waals surface area contributed by atoms with Crippen LogP contribution >= 0.6 is 15.9 Å². The number of carbonyl (C=O) groups excluding carboxylic acids is 1. The number of fused-ring (bicyclic) bond motifs is 2. The maximum Gasteiger partial charge on any atom is 0.261 e. The van der Waals surface area contributed by atoms with E-state index in [-0.39, 0.29) is 24.4 Å². The molecule has 0 fully saturated rings. The highest BCUT2D eigenvalue weighted by atomic mass is 79.9. The summed E-state index contributed by atoms with van der Waals surface area (Å²) in [5.41, 5.74) is 1.40. The molecule has 0 aliphatic rings. The highest BCUT2D eigenvalue weighted by molar-refractivity contribution is 9.10. The van der Waals surface area contributed by atoms with Crippen LogP contribution in [0.1, 0.15) is 13.3 Å². The average Bonchev–Trinajstić information content (AvgIpc) is 2.74. The molecule has 0 aliphatic heterocycles. The van der Waals surface area contributed by atoms with E-state index in [1.54, 1.807) is 17.0 Å². The van der Waals surface area contributed by atoms with E-state index in [2.05, 4.69) is 20.9 Å². The van der Waals surface area contributed by atoms with Crippen molar-refractivity contribution in [2.45, 2.75) is 19.9 Å². The van der Waals surface area contributed by atoms with Gasteiger partial charge in [-0.2, -0.15) is 0 Å². The van der Waals surface area contributed by atoms with Crippen LogP contribution in [0.4, 0.5) is 5.69 Å². The number of benzene rings is 3. The van der Waals surface area contributed by atoms with E-state index in [0.29, 0.717) is 17.4 Å². The van der Waals surface area contributed by atoms with E-state index in [9.17, 15) is 9.59 Å². The minimum absolute atomic E-state index is 0.0231. The second-order valence-electron chi connectivity index (χ2n) is 6.79. The minimum atomic E-state index is -0.141. The second kappa shape index (κ2) is 8.17. The van der Waals surface area contributed by atoms with Gasteiger partial charge in [0.15, 0.2) is 0 Å². The third-order valence-electron chi connectivity index (χ3n) is 5.03. The lowest BCUT2D eigenvalue weighted by molar-refractivity contribution is -0.118. The van der Waals surface area contributed by atoms with Crippen molar-refractivity contribution in [1.82, 2.24) is 9.55 Å². The average molecular weight is 450 g/mol. The van der Waals surface area contributed by atoms with Gasteiger partial charge in [0.05, 0.1) is 22.9 Å². The number of rotatable bonds is 5. The van der Waals surface area contributed by atoms with Crippen LogP contribution in [0.2, 0.25) is 0 Å². The first kappa shape index (κ1) is 19.3. The second-order valence-corrected chi connectivity index (χ2v) is 7.71. The summed E-state index contributed by atoms with van der Waals surface area (Å²) in [5.74, 6) is -0.0231. The van der Waals surface area contributed by atoms with Crippen LogP contribution in [0.3, 0.4) is 0 Å². The summed E-state index contributed by atoms with van der Waals surface area (Å²) >= 11 is 3.39. The SMILES string of the molecule is CCN(C(=O)CCn1cnc2ccc(Br)cc2c1=O)c1cccc2ccccc12. The van der Waals surface area contributed by atoms with Crippen LogP contribution in [0.25, 0.3) is 21.7 Å².